The molecule has 14 rings (SSSR count). The zero-order valence-electron chi connectivity index (χ0n) is 49.2. The molecule has 4 aliphatic heterocycles. The Morgan fingerprint density at radius 2 is 1.04 bits per heavy atom. The maximum Gasteiger partial charge on any atom is 0.252 e. The van der Waals surface area contributed by atoms with Crippen LogP contribution in [-0.4, -0.2) is 25.9 Å². The number of fused-ring (bicyclic) bond motifs is 10. The molecule has 6 aliphatic rings. The lowest BCUT2D eigenvalue weighted by Crippen LogP contribution is -2.65. The molecule has 0 aromatic heterocycles. The Hall–Kier alpha value is -6.56. The van der Waals surface area contributed by atoms with E-state index >= 15 is 0 Å². The maximum atomic E-state index is 3.01. The van der Waals surface area contributed by atoms with Crippen LogP contribution in [0.4, 0.5) is 39.8 Å². The third kappa shape index (κ3) is 7.09. The van der Waals surface area contributed by atoms with Crippen molar-refractivity contribution < 1.29 is 0 Å². The fraction of sp³-hybridized carbons (Fsp3) is 0.351. The molecule has 4 heterocycles. The molecule has 4 unspecified atom stereocenters. The van der Waals surface area contributed by atoms with Gasteiger partial charge in [0, 0.05) is 50.5 Å². The van der Waals surface area contributed by atoms with Gasteiger partial charge in [-0.2, -0.15) is 0 Å². The molecule has 5 heteroatoms. The number of benzene rings is 8. The lowest BCUT2D eigenvalue weighted by Gasteiger charge is -2.54. The Balaban J connectivity index is 1.14. The number of rotatable bonds is 6. The summed E-state index contributed by atoms with van der Waals surface area (Å²) in [6.07, 6.45) is 9.44. The standard InChI is InChI=1S/C74H80BN3Si/c1-69(2,3)53-33-36-62(57(43-53)50-28-18-14-19-29-50)76-64-37-34-54(70(4,5)6)44-60(64)75-61-48-56(79(10,11)12)47-59-68(61)78(73(9)40-24-25-41-74(59,73)52-30-20-15-21-31-52)66-46-55(45-65(76)67(66)75)77-63-35-32-51(49-26-16-13-17-27-49)42-58(63)71(7)38-22-23-39-72(71,77)8/h13-21,26-37,42-48H,22-25,38-41H2,1-12H3. The molecule has 4 atom stereocenters. The van der Waals surface area contributed by atoms with Gasteiger partial charge in [0.05, 0.1) is 24.8 Å². The van der Waals surface area contributed by atoms with Crippen LogP contribution in [0.25, 0.3) is 22.3 Å². The summed E-state index contributed by atoms with van der Waals surface area (Å²) >= 11 is 0. The third-order valence-corrected chi connectivity index (χ3v) is 23.2. The minimum absolute atomic E-state index is 0.0225. The Bertz CT molecular complexity index is 3770. The summed E-state index contributed by atoms with van der Waals surface area (Å²) in [5.41, 5.74) is 25.4. The van der Waals surface area contributed by atoms with E-state index in [0.29, 0.717) is 0 Å². The summed E-state index contributed by atoms with van der Waals surface area (Å²) in [5, 5.41) is 1.57. The molecule has 8 aromatic rings. The Morgan fingerprint density at radius 1 is 0.456 bits per heavy atom. The van der Waals surface area contributed by atoms with E-state index in [4.69, 9.17) is 0 Å². The van der Waals surface area contributed by atoms with Crippen molar-refractivity contribution in [1.82, 2.24) is 0 Å². The number of nitrogens with zero attached hydrogens (tertiary/aromatic N) is 3. The maximum absolute atomic E-state index is 3.01. The van der Waals surface area contributed by atoms with Gasteiger partial charge in [-0.15, -0.1) is 0 Å². The van der Waals surface area contributed by atoms with Gasteiger partial charge >= 0.3 is 0 Å². The zero-order chi connectivity index (χ0) is 54.8. The average Bonchev–Trinajstić information content (AvgIpc) is 1.92. The molecule has 3 nitrogen and oxygen atoms in total. The van der Waals surface area contributed by atoms with Crippen molar-refractivity contribution in [3.8, 4) is 22.3 Å². The summed E-state index contributed by atoms with van der Waals surface area (Å²) in [5.74, 6) is 0. The molecule has 2 aliphatic carbocycles. The predicted molar refractivity (Wildman–Crippen MR) is 343 cm³/mol. The minimum Gasteiger partial charge on any atom is -0.335 e. The van der Waals surface area contributed by atoms with Crippen LogP contribution in [-0.2, 0) is 21.7 Å². The van der Waals surface area contributed by atoms with Crippen molar-refractivity contribution in [2.45, 2.75) is 166 Å². The van der Waals surface area contributed by atoms with E-state index in [2.05, 4.69) is 267 Å². The number of anilines is 7. The lowest BCUT2D eigenvalue weighted by atomic mass is 9.33. The van der Waals surface area contributed by atoms with Crippen molar-refractivity contribution in [3.63, 3.8) is 0 Å². The Morgan fingerprint density at radius 3 is 1.71 bits per heavy atom. The molecule has 0 amide bonds. The van der Waals surface area contributed by atoms with E-state index < -0.39 is 8.07 Å². The van der Waals surface area contributed by atoms with Crippen molar-refractivity contribution in [2.75, 3.05) is 14.7 Å². The molecular weight excluding hydrogens is 970 g/mol. The van der Waals surface area contributed by atoms with Gasteiger partial charge in [0.2, 0.25) is 0 Å². The van der Waals surface area contributed by atoms with Gasteiger partial charge in [-0.1, -0.05) is 226 Å². The highest BCUT2D eigenvalue weighted by molar-refractivity contribution is 7.01. The first kappa shape index (κ1) is 50.6. The average molecular weight is 1050 g/mol. The van der Waals surface area contributed by atoms with Crippen LogP contribution >= 0.6 is 0 Å². The Labute approximate surface area is 474 Å². The van der Waals surface area contributed by atoms with Gasteiger partial charge in [0.1, 0.15) is 0 Å². The van der Waals surface area contributed by atoms with E-state index in [9.17, 15) is 0 Å². The van der Waals surface area contributed by atoms with Crippen LogP contribution in [0.15, 0.2) is 170 Å². The molecule has 2 fully saturated rings. The second-order valence-electron chi connectivity index (χ2n) is 28.6. The molecule has 8 aromatic carbocycles. The molecule has 79 heavy (non-hydrogen) atoms. The van der Waals surface area contributed by atoms with E-state index in [1.807, 2.05) is 0 Å². The van der Waals surface area contributed by atoms with Crippen LogP contribution < -0.4 is 36.3 Å². The second kappa shape index (κ2) is 17.2. The summed E-state index contributed by atoms with van der Waals surface area (Å²) < 4.78 is 0. The zero-order valence-corrected chi connectivity index (χ0v) is 50.2. The van der Waals surface area contributed by atoms with Gasteiger partial charge in [-0.3, -0.25) is 0 Å². The van der Waals surface area contributed by atoms with E-state index in [-0.39, 0.29) is 39.5 Å². The largest absolute Gasteiger partial charge is 0.335 e. The first-order valence-corrected chi connectivity index (χ1v) is 33.5. The van der Waals surface area contributed by atoms with Crippen LogP contribution in [0.2, 0.25) is 19.6 Å². The van der Waals surface area contributed by atoms with Crippen LogP contribution in [0.1, 0.15) is 141 Å². The van der Waals surface area contributed by atoms with Crippen LogP contribution in [0.5, 0.6) is 0 Å². The van der Waals surface area contributed by atoms with Crippen molar-refractivity contribution in [3.05, 3.63) is 198 Å². The number of hydrogen-bond donors (Lipinski definition) is 0. The highest BCUT2D eigenvalue weighted by Gasteiger charge is 2.65. The van der Waals surface area contributed by atoms with E-state index in [1.54, 1.807) is 10.8 Å². The number of hydrogen-bond acceptors (Lipinski definition) is 3. The molecular formula is C74H80BN3Si. The van der Waals surface area contributed by atoms with Crippen LogP contribution in [0.3, 0.4) is 0 Å². The van der Waals surface area contributed by atoms with Gasteiger partial charge < -0.3 is 14.7 Å². The van der Waals surface area contributed by atoms with Gasteiger partial charge in [0.15, 0.2) is 0 Å². The Kier molecular flexibility index (Phi) is 11.0. The fourth-order valence-electron chi connectivity index (χ4n) is 16.6. The smallest absolute Gasteiger partial charge is 0.252 e. The third-order valence-electron chi connectivity index (χ3n) is 21.1. The van der Waals surface area contributed by atoms with Crippen molar-refractivity contribution in [2.24, 2.45) is 0 Å². The fourth-order valence-corrected chi connectivity index (χ4v) is 17.8. The molecule has 0 radical (unpaired) electrons. The summed E-state index contributed by atoms with van der Waals surface area (Å²) in [6.45, 7) is 30.0. The molecule has 0 N–H and O–H groups in total. The molecule has 398 valence electrons. The van der Waals surface area contributed by atoms with Gasteiger partial charge in [-0.05, 0) is 154 Å². The topological polar surface area (TPSA) is 9.72 Å². The first-order valence-electron chi connectivity index (χ1n) is 30.0. The van der Waals surface area contributed by atoms with Crippen LogP contribution in [0, 0.1) is 0 Å². The highest BCUT2D eigenvalue weighted by Crippen LogP contribution is 2.66. The molecule has 2 saturated carbocycles. The SMILES string of the molecule is CC(C)(C)c1ccc2c(c1)B1c3cc([Si](C)(C)C)cc4c3N(c3cc(N5c6ccc(-c7ccccc7)cc6C6(C)CCCCC56C)cc(c31)N2c1ccc(C(C)(C)C)cc1-c1ccccc1)C1(C)CCCCC41c1ccccc1. The summed E-state index contributed by atoms with van der Waals surface area (Å²) in [6, 6.07) is 67.7. The highest BCUT2D eigenvalue weighted by atomic mass is 28.3. The predicted octanol–water partition coefficient (Wildman–Crippen LogP) is 17.3. The molecule has 0 spiro atoms. The monoisotopic (exact) mass is 1050 g/mol. The quantitative estimate of drug-likeness (QED) is 0.154. The van der Waals surface area contributed by atoms with E-state index in [1.165, 1.54) is 133 Å². The first-order chi connectivity index (χ1) is 37.7. The van der Waals surface area contributed by atoms with Gasteiger partial charge in [0.25, 0.3) is 6.71 Å². The second-order valence-corrected chi connectivity index (χ2v) is 33.7. The molecule has 0 bridgehead atoms. The van der Waals surface area contributed by atoms with E-state index in [0.717, 1.165) is 19.3 Å². The van der Waals surface area contributed by atoms with Crippen molar-refractivity contribution >= 4 is 76.2 Å². The van der Waals surface area contributed by atoms with Gasteiger partial charge in [-0.25, -0.2) is 0 Å². The summed E-state index contributed by atoms with van der Waals surface area (Å²) in [4.78, 5) is 8.64. The lowest BCUT2D eigenvalue weighted by molar-refractivity contribution is 0.195. The summed E-state index contributed by atoms with van der Waals surface area (Å²) in [7, 11) is -1.88. The molecule has 0 saturated heterocycles. The normalized spacial score (nSPS) is 23.6. The minimum atomic E-state index is -1.88. The van der Waals surface area contributed by atoms with Crippen molar-refractivity contribution in [1.29, 1.82) is 0 Å².